The van der Waals surface area contributed by atoms with Crippen LogP contribution in [0, 0.1) is 5.92 Å². The van der Waals surface area contributed by atoms with E-state index in [0.717, 1.165) is 29.1 Å². The minimum atomic E-state index is 0.711. The second-order valence-electron chi connectivity index (χ2n) is 4.50. The molecule has 1 aliphatic heterocycles. The quantitative estimate of drug-likeness (QED) is 0.892. The molecule has 1 atom stereocenters. The van der Waals surface area contributed by atoms with Gasteiger partial charge in [-0.05, 0) is 30.9 Å². The van der Waals surface area contributed by atoms with E-state index in [1.54, 1.807) is 7.11 Å². The number of methoxy groups -OCH3 is 1. The lowest BCUT2D eigenvalue weighted by molar-refractivity contribution is 0.415. The van der Waals surface area contributed by atoms with Crippen LogP contribution in [0.2, 0.25) is 0 Å². The summed E-state index contributed by atoms with van der Waals surface area (Å²) in [5.41, 5.74) is 1.05. The molecule has 4 heteroatoms. The minimum absolute atomic E-state index is 0.711. The highest BCUT2D eigenvalue weighted by Crippen LogP contribution is 2.41. The molecule has 3 nitrogen and oxygen atoms in total. The van der Waals surface area contributed by atoms with E-state index in [-0.39, 0.29) is 0 Å². The fourth-order valence-corrected chi connectivity index (χ4v) is 3.22. The average Bonchev–Trinajstić information content (AvgIpc) is 3.11. The lowest BCUT2D eigenvalue weighted by Crippen LogP contribution is -2.08. The third-order valence-electron chi connectivity index (χ3n) is 3.15. The van der Waals surface area contributed by atoms with Crippen molar-refractivity contribution >= 4 is 22.6 Å². The van der Waals surface area contributed by atoms with Crippen molar-refractivity contribution in [2.75, 3.05) is 19.0 Å². The summed E-state index contributed by atoms with van der Waals surface area (Å²) >= 11 is 1.89. The van der Waals surface area contributed by atoms with E-state index in [1.165, 1.54) is 12.8 Å². The van der Waals surface area contributed by atoms with Crippen molar-refractivity contribution in [1.82, 2.24) is 0 Å². The highest BCUT2D eigenvalue weighted by Gasteiger charge is 2.35. The van der Waals surface area contributed by atoms with Gasteiger partial charge < -0.3 is 10.1 Å². The van der Waals surface area contributed by atoms with Gasteiger partial charge in [0.25, 0.3) is 0 Å². The van der Waals surface area contributed by atoms with Gasteiger partial charge in [-0.3, -0.25) is 4.99 Å². The van der Waals surface area contributed by atoms with E-state index in [9.17, 15) is 0 Å². The van der Waals surface area contributed by atoms with Gasteiger partial charge in [0.1, 0.15) is 5.75 Å². The normalized spacial score (nSPS) is 23.4. The Bertz CT molecular complexity index is 443. The molecule has 1 heterocycles. The first kappa shape index (κ1) is 11.0. The molecule has 1 fully saturated rings. The first-order valence-electron chi connectivity index (χ1n) is 5.97. The van der Waals surface area contributed by atoms with E-state index in [4.69, 9.17) is 4.74 Å². The predicted octanol–water partition coefficient (Wildman–Crippen LogP) is 2.99. The first-order chi connectivity index (χ1) is 8.35. The topological polar surface area (TPSA) is 33.6 Å². The maximum Gasteiger partial charge on any atom is 0.161 e. The van der Waals surface area contributed by atoms with Crippen LogP contribution in [0.3, 0.4) is 0 Å². The lowest BCUT2D eigenvalue weighted by Gasteiger charge is -2.08. The molecule has 1 saturated carbocycles. The zero-order chi connectivity index (χ0) is 11.7. The number of aliphatic imine (C=N–C) groups is 1. The van der Waals surface area contributed by atoms with Gasteiger partial charge in [0.05, 0.1) is 13.7 Å². The van der Waals surface area contributed by atoms with Crippen molar-refractivity contribution in [3.05, 3.63) is 24.3 Å². The molecule has 0 radical (unpaired) electrons. The fourth-order valence-electron chi connectivity index (χ4n) is 2.00. The van der Waals surface area contributed by atoms with E-state index >= 15 is 0 Å². The number of hydrogen-bond donors (Lipinski definition) is 1. The molecule has 17 heavy (non-hydrogen) atoms. The summed E-state index contributed by atoms with van der Waals surface area (Å²) in [5.74, 6) is 1.78. The molecule has 1 unspecified atom stereocenters. The molecule has 0 aromatic heterocycles. The first-order valence-corrected chi connectivity index (χ1v) is 6.85. The molecule has 0 saturated heterocycles. The average molecular weight is 248 g/mol. The summed E-state index contributed by atoms with van der Waals surface area (Å²) in [6, 6.07) is 7.96. The number of rotatable bonds is 3. The molecular weight excluding hydrogens is 232 g/mol. The lowest BCUT2D eigenvalue weighted by atomic mass is 10.3. The van der Waals surface area contributed by atoms with Crippen molar-refractivity contribution in [1.29, 1.82) is 0 Å². The fraction of sp³-hybridized carbons (Fsp3) is 0.462. The van der Waals surface area contributed by atoms with E-state index in [1.807, 2.05) is 36.0 Å². The molecule has 3 rings (SSSR count). The number of amidine groups is 1. The molecule has 1 aromatic rings. The van der Waals surface area contributed by atoms with Gasteiger partial charge in [-0.25, -0.2) is 0 Å². The zero-order valence-corrected chi connectivity index (χ0v) is 10.7. The molecule has 1 aliphatic carbocycles. The van der Waals surface area contributed by atoms with Crippen LogP contribution in [0.5, 0.6) is 5.75 Å². The number of ether oxygens (including phenoxy) is 1. The Kier molecular flexibility index (Phi) is 2.97. The van der Waals surface area contributed by atoms with Crippen LogP contribution < -0.4 is 10.1 Å². The summed E-state index contributed by atoms with van der Waals surface area (Å²) in [4.78, 5) is 4.56. The van der Waals surface area contributed by atoms with Crippen LogP contribution in [-0.4, -0.2) is 24.1 Å². The van der Waals surface area contributed by atoms with E-state index in [2.05, 4.69) is 10.3 Å². The molecule has 1 aromatic carbocycles. The number of thioether (sulfide) groups is 1. The van der Waals surface area contributed by atoms with Crippen molar-refractivity contribution in [3.8, 4) is 5.75 Å². The van der Waals surface area contributed by atoms with Gasteiger partial charge in [0.2, 0.25) is 0 Å². The Labute approximate surface area is 106 Å². The molecule has 0 bridgehead atoms. The third kappa shape index (κ3) is 2.57. The Morgan fingerprint density at radius 3 is 3.06 bits per heavy atom. The van der Waals surface area contributed by atoms with E-state index in [0.29, 0.717) is 5.25 Å². The maximum atomic E-state index is 5.20. The van der Waals surface area contributed by atoms with Gasteiger partial charge in [0.15, 0.2) is 5.17 Å². The van der Waals surface area contributed by atoms with Gasteiger partial charge in [-0.1, -0.05) is 17.8 Å². The summed E-state index contributed by atoms with van der Waals surface area (Å²) in [5, 5.41) is 5.12. The van der Waals surface area contributed by atoms with Crippen LogP contribution in [-0.2, 0) is 0 Å². The Morgan fingerprint density at radius 2 is 2.29 bits per heavy atom. The van der Waals surface area contributed by atoms with Crippen LogP contribution in [0.1, 0.15) is 12.8 Å². The van der Waals surface area contributed by atoms with Crippen molar-refractivity contribution in [3.63, 3.8) is 0 Å². The number of benzene rings is 1. The molecular formula is C13H16N2OS. The highest BCUT2D eigenvalue weighted by atomic mass is 32.2. The second kappa shape index (κ2) is 4.61. The van der Waals surface area contributed by atoms with Gasteiger partial charge >= 0.3 is 0 Å². The van der Waals surface area contributed by atoms with Crippen LogP contribution in [0.4, 0.5) is 5.69 Å². The monoisotopic (exact) mass is 248 g/mol. The summed E-state index contributed by atoms with van der Waals surface area (Å²) in [6.45, 7) is 0.974. The van der Waals surface area contributed by atoms with Crippen molar-refractivity contribution in [2.24, 2.45) is 10.9 Å². The number of nitrogens with one attached hydrogen (secondary N) is 1. The van der Waals surface area contributed by atoms with E-state index < -0.39 is 0 Å². The third-order valence-corrected chi connectivity index (χ3v) is 4.44. The number of anilines is 1. The number of nitrogens with zero attached hydrogens (tertiary/aromatic N) is 1. The van der Waals surface area contributed by atoms with Crippen molar-refractivity contribution < 1.29 is 4.74 Å². The Balaban J connectivity index is 1.62. The van der Waals surface area contributed by atoms with Gasteiger partial charge in [-0.15, -0.1) is 0 Å². The molecule has 2 aliphatic rings. The van der Waals surface area contributed by atoms with Crippen LogP contribution in [0.15, 0.2) is 29.3 Å². The Hall–Kier alpha value is -1.16. The second-order valence-corrected chi connectivity index (χ2v) is 5.72. The summed E-state index contributed by atoms with van der Waals surface area (Å²) < 4.78 is 5.20. The molecule has 90 valence electrons. The van der Waals surface area contributed by atoms with Crippen LogP contribution >= 0.6 is 11.8 Å². The van der Waals surface area contributed by atoms with Gasteiger partial charge in [0, 0.05) is 17.0 Å². The molecule has 0 spiro atoms. The van der Waals surface area contributed by atoms with Crippen LogP contribution in [0.25, 0.3) is 0 Å². The Morgan fingerprint density at radius 1 is 1.41 bits per heavy atom. The van der Waals surface area contributed by atoms with Crippen molar-refractivity contribution in [2.45, 2.75) is 18.1 Å². The predicted molar refractivity (Wildman–Crippen MR) is 73.0 cm³/mol. The minimum Gasteiger partial charge on any atom is -0.497 e. The summed E-state index contributed by atoms with van der Waals surface area (Å²) in [6.07, 6.45) is 2.78. The summed E-state index contributed by atoms with van der Waals surface area (Å²) in [7, 11) is 1.68. The maximum absolute atomic E-state index is 5.20. The highest BCUT2D eigenvalue weighted by molar-refractivity contribution is 8.15. The standard InChI is InChI=1S/C13H16N2OS/c1-16-11-4-2-3-10(7-11)15-13-14-8-12(17-13)9-5-6-9/h2-4,7,9,12H,5-6,8H2,1H3,(H,14,15). The number of hydrogen-bond acceptors (Lipinski definition) is 4. The molecule has 0 amide bonds. The molecule has 1 N–H and O–H groups in total. The zero-order valence-electron chi connectivity index (χ0n) is 9.85. The largest absolute Gasteiger partial charge is 0.497 e. The SMILES string of the molecule is COc1cccc(NC2=NCC(C3CC3)S2)c1. The van der Waals surface area contributed by atoms with Gasteiger partial charge in [-0.2, -0.15) is 0 Å². The smallest absolute Gasteiger partial charge is 0.161 e.